The lowest BCUT2D eigenvalue weighted by Crippen LogP contribution is -2.42. The van der Waals surface area contributed by atoms with E-state index in [1.54, 1.807) is 0 Å². The van der Waals surface area contributed by atoms with Crippen molar-refractivity contribution in [2.45, 2.75) is 19.3 Å². The monoisotopic (exact) mass is 236 g/mol. The second-order valence-electron chi connectivity index (χ2n) is 3.78. The first-order valence-corrected chi connectivity index (χ1v) is 5.45. The molecule has 3 N–H and O–H groups in total. The third-order valence-electron chi connectivity index (χ3n) is 2.54. The van der Waals surface area contributed by atoms with Crippen molar-refractivity contribution in [3.05, 3.63) is 11.6 Å². The molecule has 0 aromatic carbocycles. The molecule has 0 aliphatic carbocycles. The molecule has 1 atom stereocenters. The first-order chi connectivity index (χ1) is 8.15. The zero-order valence-electron chi connectivity index (χ0n) is 9.57. The lowest BCUT2D eigenvalue weighted by atomic mass is 9.92. The van der Waals surface area contributed by atoms with Gasteiger partial charge in [-0.25, -0.2) is 4.79 Å². The van der Waals surface area contributed by atoms with Gasteiger partial charge in [0.1, 0.15) is 0 Å². The molecule has 0 saturated carbocycles. The molecule has 1 rings (SSSR count). The number of carbonyl (C=O) groups excluding carboxylic acids is 2. The van der Waals surface area contributed by atoms with E-state index in [2.05, 4.69) is 11.2 Å². The summed E-state index contributed by atoms with van der Waals surface area (Å²) in [6, 6.07) is -0.844. The molecular weight excluding hydrogens is 220 g/mol. The molecule has 0 bridgehead atoms. The van der Waals surface area contributed by atoms with Crippen LogP contribution in [0, 0.1) is 18.3 Å². The highest BCUT2D eigenvalue weighted by Crippen LogP contribution is 2.22. The molecule has 92 valence electrons. The van der Waals surface area contributed by atoms with Crippen molar-refractivity contribution in [3.63, 3.8) is 0 Å². The molecule has 1 aliphatic heterocycles. The van der Waals surface area contributed by atoms with E-state index in [0.717, 1.165) is 18.4 Å². The second kappa shape index (κ2) is 6.71. The Labute approximate surface area is 100 Å². The number of imide groups is 1. The minimum Gasteiger partial charge on any atom is -0.376 e. The Morgan fingerprint density at radius 2 is 2.41 bits per heavy atom. The largest absolute Gasteiger partial charge is 0.376 e. The minimum absolute atomic E-state index is 0.279. The quantitative estimate of drug-likeness (QED) is 0.425. The zero-order chi connectivity index (χ0) is 12.7. The minimum atomic E-state index is -0.844. The van der Waals surface area contributed by atoms with Crippen LogP contribution < -0.4 is 11.1 Å². The van der Waals surface area contributed by atoms with Crippen molar-refractivity contribution >= 4 is 11.9 Å². The number of terminal acetylenes is 1. The van der Waals surface area contributed by atoms with Gasteiger partial charge in [0.2, 0.25) is 5.91 Å². The van der Waals surface area contributed by atoms with E-state index in [1.165, 1.54) is 0 Å². The predicted octanol–water partition coefficient (Wildman–Crippen LogP) is 0.558. The summed E-state index contributed by atoms with van der Waals surface area (Å²) in [5, 5.41) is 2.07. The zero-order valence-corrected chi connectivity index (χ0v) is 9.57. The van der Waals surface area contributed by atoms with E-state index in [4.69, 9.17) is 16.9 Å². The van der Waals surface area contributed by atoms with E-state index in [0.29, 0.717) is 13.0 Å². The lowest BCUT2D eigenvalue weighted by Gasteiger charge is -2.23. The predicted molar refractivity (Wildman–Crippen MR) is 62.8 cm³/mol. The molecule has 1 heterocycles. The molecule has 5 nitrogen and oxygen atoms in total. The van der Waals surface area contributed by atoms with Crippen LogP contribution in [0.5, 0.6) is 0 Å². The first kappa shape index (κ1) is 13.3. The topological polar surface area (TPSA) is 81.4 Å². The van der Waals surface area contributed by atoms with Gasteiger partial charge in [-0.3, -0.25) is 10.1 Å². The van der Waals surface area contributed by atoms with Gasteiger partial charge < -0.3 is 10.5 Å². The van der Waals surface area contributed by atoms with E-state index in [1.807, 2.05) is 6.08 Å². The summed E-state index contributed by atoms with van der Waals surface area (Å²) in [6.07, 6.45) is 9.27. The Bertz CT molecular complexity index is 368. The number of rotatable bonds is 4. The number of amides is 3. The summed E-state index contributed by atoms with van der Waals surface area (Å²) >= 11 is 0. The summed E-state index contributed by atoms with van der Waals surface area (Å²) in [5.41, 5.74) is 5.87. The van der Waals surface area contributed by atoms with E-state index in [9.17, 15) is 9.59 Å². The van der Waals surface area contributed by atoms with Crippen LogP contribution in [0.2, 0.25) is 0 Å². The third-order valence-corrected chi connectivity index (χ3v) is 2.54. The summed E-state index contributed by atoms with van der Waals surface area (Å²) in [7, 11) is 0. The number of ether oxygens (including phenoxy) is 1. The molecule has 0 saturated heterocycles. The van der Waals surface area contributed by atoms with Crippen molar-refractivity contribution < 1.29 is 14.3 Å². The summed E-state index contributed by atoms with van der Waals surface area (Å²) in [4.78, 5) is 22.3. The van der Waals surface area contributed by atoms with E-state index in [-0.39, 0.29) is 6.61 Å². The van der Waals surface area contributed by atoms with Gasteiger partial charge in [0.15, 0.2) is 0 Å². The summed E-state index contributed by atoms with van der Waals surface area (Å²) < 4.78 is 5.19. The fourth-order valence-corrected chi connectivity index (χ4v) is 1.72. The van der Waals surface area contributed by atoms with Gasteiger partial charge >= 0.3 is 6.03 Å². The summed E-state index contributed by atoms with van der Waals surface area (Å²) in [5.74, 6) is 1.70. The SMILES string of the molecule is C#CCCCC1=CCOCC1C(=O)NC(N)=O. The smallest absolute Gasteiger partial charge is 0.318 e. The molecule has 0 spiro atoms. The van der Waals surface area contributed by atoms with Crippen LogP contribution in [-0.2, 0) is 9.53 Å². The number of hydrogen-bond acceptors (Lipinski definition) is 3. The van der Waals surface area contributed by atoms with Gasteiger partial charge in [0.05, 0.1) is 19.1 Å². The van der Waals surface area contributed by atoms with Crippen LogP contribution in [0.25, 0.3) is 0 Å². The first-order valence-electron chi connectivity index (χ1n) is 5.45. The molecular formula is C12H16N2O3. The molecule has 0 aromatic heterocycles. The van der Waals surface area contributed by atoms with Crippen molar-refractivity contribution in [1.82, 2.24) is 5.32 Å². The normalized spacial score (nSPS) is 19.0. The Morgan fingerprint density at radius 3 is 3.06 bits per heavy atom. The average Bonchev–Trinajstić information content (AvgIpc) is 2.29. The molecule has 3 amide bonds. The van der Waals surface area contributed by atoms with E-state index >= 15 is 0 Å². The number of unbranched alkanes of at least 4 members (excludes halogenated alkanes) is 1. The van der Waals surface area contributed by atoms with Gasteiger partial charge in [-0.1, -0.05) is 11.6 Å². The number of urea groups is 1. The highest BCUT2D eigenvalue weighted by atomic mass is 16.5. The number of nitrogens with one attached hydrogen (secondary N) is 1. The van der Waals surface area contributed by atoms with Crippen LogP contribution in [0.1, 0.15) is 19.3 Å². The molecule has 17 heavy (non-hydrogen) atoms. The number of hydrogen-bond donors (Lipinski definition) is 2. The lowest BCUT2D eigenvalue weighted by molar-refractivity contribution is -0.124. The van der Waals surface area contributed by atoms with Gasteiger partial charge in [-0.15, -0.1) is 12.3 Å². The van der Waals surface area contributed by atoms with Gasteiger partial charge in [0, 0.05) is 6.42 Å². The molecule has 0 radical (unpaired) electrons. The molecule has 0 aromatic rings. The Hall–Kier alpha value is -1.80. The fourth-order valence-electron chi connectivity index (χ4n) is 1.72. The molecule has 0 fully saturated rings. The van der Waals surface area contributed by atoms with Crippen LogP contribution in [0.3, 0.4) is 0 Å². The maximum absolute atomic E-state index is 11.7. The van der Waals surface area contributed by atoms with Crippen LogP contribution in [0.4, 0.5) is 4.79 Å². The standard InChI is InChI=1S/C12H16N2O3/c1-2-3-4-5-9-6-7-17-8-10(9)11(15)14-12(13)16/h1,6,10H,3-5,7-8H2,(H3,13,14,15,16). The van der Waals surface area contributed by atoms with Gasteiger partial charge in [-0.05, 0) is 12.8 Å². The van der Waals surface area contributed by atoms with Crippen molar-refractivity contribution in [2.75, 3.05) is 13.2 Å². The fraction of sp³-hybridized carbons (Fsp3) is 0.500. The Morgan fingerprint density at radius 1 is 1.65 bits per heavy atom. The third kappa shape index (κ3) is 4.29. The van der Waals surface area contributed by atoms with Crippen molar-refractivity contribution in [1.29, 1.82) is 0 Å². The Kier molecular flexibility index (Phi) is 5.24. The van der Waals surface area contributed by atoms with Crippen LogP contribution in [0.15, 0.2) is 11.6 Å². The molecule has 5 heteroatoms. The van der Waals surface area contributed by atoms with Crippen LogP contribution in [-0.4, -0.2) is 25.2 Å². The maximum atomic E-state index is 11.7. The second-order valence-corrected chi connectivity index (χ2v) is 3.78. The number of carbonyl (C=O) groups is 2. The van der Waals surface area contributed by atoms with E-state index < -0.39 is 17.9 Å². The summed E-state index contributed by atoms with van der Waals surface area (Å²) in [6.45, 7) is 0.771. The van der Waals surface area contributed by atoms with Crippen molar-refractivity contribution in [3.8, 4) is 12.3 Å². The molecule has 1 aliphatic rings. The Balaban J connectivity index is 2.59. The highest BCUT2D eigenvalue weighted by Gasteiger charge is 2.25. The van der Waals surface area contributed by atoms with Gasteiger partial charge in [-0.2, -0.15) is 0 Å². The number of nitrogens with two attached hydrogens (primary N) is 1. The van der Waals surface area contributed by atoms with Gasteiger partial charge in [0.25, 0.3) is 0 Å². The van der Waals surface area contributed by atoms with Crippen LogP contribution >= 0.6 is 0 Å². The molecule has 1 unspecified atom stereocenters. The average molecular weight is 236 g/mol. The highest BCUT2D eigenvalue weighted by molar-refractivity contribution is 5.96. The van der Waals surface area contributed by atoms with Crippen molar-refractivity contribution in [2.24, 2.45) is 11.7 Å². The number of primary amides is 1. The maximum Gasteiger partial charge on any atom is 0.318 e.